The van der Waals surface area contributed by atoms with E-state index in [0.717, 1.165) is 12.5 Å². The summed E-state index contributed by atoms with van der Waals surface area (Å²) in [4.78, 5) is 0. The summed E-state index contributed by atoms with van der Waals surface area (Å²) in [6.45, 7) is 1.37. The average Bonchev–Trinajstić information content (AvgIpc) is 2.55. The second-order valence-electron chi connectivity index (χ2n) is 3.81. The van der Waals surface area contributed by atoms with Crippen LogP contribution in [0, 0.1) is 11.8 Å². The molecule has 0 aromatic carbocycles. The van der Waals surface area contributed by atoms with E-state index in [1.165, 1.54) is 25.7 Å². The molecular formula is C9H16O2. The van der Waals surface area contributed by atoms with Gasteiger partial charge in [0.15, 0.2) is 0 Å². The molecule has 2 heteroatoms. The minimum atomic E-state index is -0.168. The summed E-state index contributed by atoms with van der Waals surface area (Å²) in [6, 6.07) is 0. The Morgan fingerprint density at radius 1 is 1.09 bits per heavy atom. The molecule has 1 saturated heterocycles. The summed E-state index contributed by atoms with van der Waals surface area (Å²) in [5.74, 6) is 1.21. The van der Waals surface area contributed by atoms with Crippen molar-refractivity contribution in [2.75, 3.05) is 13.2 Å². The zero-order chi connectivity index (χ0) is 7.68. The molecule has 2 nitrogen and oxygen atoms in total. The van der Waals surface area contributed by atoms with Crippen LogP contribution in [-0.4, -0.2) is 24.4 Å². The van der Waals surface area contributed by atoms with Gasteiger partial charge in [-0.2, -0.15) is 0 Å². The minimum Gasteiger partial charge on any atom is -0.390 e. The smallest absolute Gasteiger partial charge is 0.0826 e. The molecule has 1 saturated carbocycles. The number of hydrogen-bond acceptors (Lipinski definition) is 2. The van der Waals surface area contributed by atoms with E-state index in [1.807, 2.05) is 0 Å². The zero-order valence-corrected chi connectivity index (χ0v) is 6.83. The van der Waals surface area contributed by atoms with Crippen molar-refractivity contribution < 1.29 is 9.84 Å². The quantitative estimate of drug-likeness (QED) is 0.618. The van der Waals surface area contributed by atoms with Gasteiger partial charge in [0.05, 0.1) is 19.3 Å². The number of ether oxygens (including phenoxy) is 1. The standard InChI is InChI=1S/C9H16O2/c10-9-6-11-5-8(9)7-3-1-2-4-7/h7-10H,1-6H2. The van der Waals surface area contributed by atoms with Crippen LogP contribution in [0.5, 0.6) is 0 Å². The number of aliphatic hydroxyl groups is 1. The van der Waals surface area contributed by atoms with Crippen LogP contribution in [0.1, 0.15) is 25.7 Å². The van der Waals surface area contributed by atoms with Crippen molar-refractivity contribution in [1.82, 2.24) is 0 Å². The Bertz CT molecular complexity index is 130. The Balaban J connectivity index is 1.92. The number of aliphatic hydroxyl groups excluding tert-OH is 1. The number of hydrogen-bond donors (Lipinski definition) is 1. The van der Waals surface area contributed by atoms with Crippen molar-refractivity contribution in [3.05, 3.63) is 0 Å². The molecule has 2 rings (SSSR count). The van der Waals surface area contributed by atoms with Gasteiger partial charge in [-0.1, -0.05) is 12.8 Å². The molecule has 0 spiro atoms. The third kappa shape index (κ3) is 1.42. The largest absolute Gasteiger partial charge is 0.390 e. The topological polar surface area (TPSA) is 29.5 Å². The Labute approximate surface area is 67.6 Å². The van der Waals surface area contributed by atoms with Gasteiger partial charge < -0.3 is 9.84 Å². The van der Waals surface area contributed by atoms with Gasteiger partial charge in [0.2, 0.25) is 0 Å². The molecule has 2 unspecified atom stereocenters. The van der Waals surface area contributed by atoms with Crippen LogP contribution >= 0.6 is 0 Å². The molecule has 0 aromatic rings. The molecule has 0 radical (unpaired) electrons. The maximum Gasteiger partial charge on any atom is 0.0826 e. The fraction of sp³-hybridized carbons (Fsp3) is 1.00. The van der Waals surface area contributed by atoms with Crippen LogP contribution < -0.4 is 0 Å². The van der Waals surface area contributed by atoms with Crippen molar-refractivity contribution in [3.8, 4) is 0 Å². The monoisotopic (exact) mass is 156 g/mol. The second kappa shape index (κ2) is 3.11. The first-order chi connectivity index (χ1) is 5.38. The predicted molar refractivity (Wildman–Crippen MR) is 42.3 cm³/mol. The fourth-order valence-corrected chi connectivity index (χ4v) is 2.40. The molecule has 1 aliphatic heterocycles. The molecule has 0 aromatic heterocycles. The first-order valence-electron chi connectivity index (χ1n) is 4.64. The maximum absolute atomic E-state index is 9.52. The van der Waals surface area contributed by atoms with Gasteiger partial charge in [-0.05, 0) is 18.8 Å². The van der Waals surface area contributed by atoms with Crippen LogP contribution in [0.15, 0.2) is 0 Å². The van der Waals surface area contributed by atoms with Crippen LogP contribution in [-0.2, 0) is 4.74 Å². The minimum absolute atomic E-state index is 0.168. The molecule has 0 bridgehead atoms. The van der Waals surface area contributed by atoms with Gasteiger partial charge >= 0.3 is 0 Å². The van der Waals surface area contributed by atoms with Crippen LogP contribution in [0.3, 0.4) is 0 Å². The van der Waals surface area contributed by atoms with Crippen molar-refractivity contribution in [3.63, 3.8) is 0 Å². The van der Waals surface area contributed by atoms with Crippen LogP contribution in [0.25, 0.3) is 0 Å². The lowest BCUT2D eigenvalue weighted by atomic mass is 9.89. The maximum atomic E-state index is 9.52. The average molecular weight is 156 g/mol. The second-order valence-corrected chi connectivity index (χ2v) is 3.81. The lowest BCUT2D eigenvalue weighted by molar-refractivity contribution is 0.105. The van der Waals surface area contributed by atoms with Crippen LogP contribution in [0.2, 0.25) is 0 Å². The molecule has 1 heterocycles. The molecule has 1 aliphatic carbocycles. The van der Waals surface area contributed by atoms with Crippen LogP contribution in [0.4, 0.5) is 0 Å². The van der Waals surface area contributed by atoms with Gasteiger partial charge in [-0.3, -0.25) is 0 Å². The molecule has 1 N–H and O–H groups in total. The van der Waals surface area contributed by atoms with E-state index in [1.54, 1.807) is 0 Å². The third-order valence-electron chi connectivity index (χ3n) is 3.10. The van der Waals surface area contributed by atoms with Gasteiger partial charge in [0, 0.05) is 5.92 Å². The van der Waals surface area contributed by atoms with E-state index >= 15 is 0 Å². The van der Waals surface area contributed by atoms with Gasteiger partial charge in [0.25, 0.3) is 0 Å². The first kappa shape index (κ1) is 7.56. The lowest BCUT2D eigenvalue weighted by Gasteiger charge is -2.18. The molecule has 2 aliphatic rings. The van der Waals surface area contributed by atoms with E-state index in [4.69, 9.17) is 4.74 Å². The van der Waals surface area contributed by atoms with Crippen molar-refractivity contribution in [2.24, 2.45) is 11.8 Å². The summed E-state index contributed by atoms with van der Waals surface area (Å²) in [6.07, 6.45) is 5.16. The van der Waals surface area contributed by atoms with E-state index in [2.05, 4.69) is 0 Å². The molecular weight excluding hydrogens is 140 g/mol. The third-order valence-corrected chi connectivity index (χ3v) is 3.10. The van der Waals surface area contributed by atoms with E-state index < -0.39 is 0 Å². The normalized spacial score (nSPS) is 40.1. The summed E-state index contributed by atoms with van der Waals surface area (Å²) in [7, 11) is 0. The Morgan fingerprint density at radius 3 is 2.36 bits per heavy atom. The highest BCUT2D eigenvalue weighted by Gasteiger charge is 2.34. The molecule has 64 valence electrons. The van der Waals surface area contributed by atoms with Gasteiger partial charge in [-0.15, -0.1) is 0 Å². The summed E-state index contributed by atoms with van der Waals surface area (Å²) in [5.41, 5.74) is 0. The number of rotatable bonds is 1. The SMILES string of the molecule is OC1COCC1C1CCCC1. The van der Waals surface area contributed by atoms with Gasteiger partial charge in [-0.25, -0.2) is 0 Å². The first-order valence-corrected chi connectivity index (χ1v) is 4.64. The summed E-state index contributed by atoms with van der Waals surface area (Å²) >= 11 is 0. The highest BCUT2D eigenvalue weighted by atomic mass is 16.5. The summed E-state index contributed by atoms with van der Waals surface area (Å²) in [5, 5.41) is 9.52. The highest BCUT2D eigenvalue weighted by molar-refractivity contribution is 4.83. The predicted octanol–water partition coefficient (Wildman–Crippen LogP) is 1.18. The van der Waals surface area contributed by atoms with E-state index in [0.29, 0.717) is 12.5 Å². The van der Waals surface area contributed by atoms with Crippen molar-refractivity contribution in [1.29, 1.82) is 0 Å². The van der Waals surface area contributed by atoms with Crippen molar-refractivity contribution >= 4 is 0 Å². The van der Waals surface area contributed by atoms with Gasteiger partial charge in [0.1, 0.15) is 0 Å². The molecule has 11 heavy (non-hydrogen) atoms. The Morgan fingerprint density at radius 2 is 1.82 bits per heavy atom. The fourth-order valence-electron chi connectivity index (χ4n) is 2.40. The molecule has 2 atom stereocenters. The Hall–Kier alpha value is -0.0800. The lowest BCUT2D eigenvalue weighted by Crippen LogP contribution is -2.24. The molecule has 0 amide bonds. The van der Waals surface area contributed by atoms with E-state index in [-0.39, 0.29) is 6.10 Å². The Kier molecular flexibility index (Phi) is 2.14. The summed E-state index contributed by atoms with van der Waals surface area (Å²) < 4.78 is 5.23. The molecule has 2 fully saturated rings. The van der Waals surface area contributed by atoms with E-state index in [9.17, 15) is 5.11 Å². The zero-order valence-electron chi connectivity index (χ0n) is 6.83. The van der Waals surface area contributed by atoms with Crippen molar-refractivity contribution in [2.45, 2.75) is 31.8 Å². The highest BCUT2D eigenvalue weighted by Crippen LogP contribution is 2.35.